The molecule has 22 heavy (non-hydrogen) atoms. The van der Waals surface area contributed by atoms with E-state index in [-0.39, 0.29) is 11.9 Å². The Morgan fingerprint density at radius 1 is 1.59 bits per heavy atom. The van der Waals surface area contributed by atoms with Crippen LogP contribution in [0.15, 0.2) is 5.38 Å². The van der Waals surface area contributed by atoms with Crippen LogP contribution in [0.2, 0.25) is 0 Å². The summed E-state index contributed by atoms with van der Waals surface area (Å²) in [6.45, 7) is 3.82. The van der Waals surface area contributed by atoms with Crippen LogP contribution in [0.25, 0.3) is 0 Å². The largest absolute Gasteiger partial charge is 0.375 e. The third-order valence-electron chi connectivity index (χ3n) is 4.96. The summed E-state index contributed by atoms with van der Waals surface area (Å²) in [5, 5.41) is 9.02. The van der Waals surface area contributed by atoms with Crippen molar-refractivity contribution in [2.45, 2.75) is 31.7 Å². The average Bonchev–Trinajstić information content (AvgIpc) is 3.04. The number of nitrogens with one attached hydrogen (secondary N) is 2. The van der Waals surface area contributed by atoms with Gasteiger partial charge in [-0.25, -0.2) is 4.98 Å². The maximum absolute atomic E-state index is 12.5. The Labute approximate surface area is 135 Å². The second kappa shape index (κ2) is 6.52. The summed E-state index contributed by atoms with van der Waals surface area (Å²) in [7, 11) is 2.07. The van der Waals surface area contributed by atoms with E-state index in [0.717, 1.165) is 38.2 Å². The van der Waals surface area contributed by atoms with Crippen LogP contribution in [-0.4, -0.2) is 55.1 Å². The summed E-state index contributed by atoms with van der Waals surface area (Å²) in [6.07, 6.45) is 4.09. The van der Waals surface area contributed by atoms with E-state index >= 15 is 0 Å². The lowest BCUT2D eigenvalue weighted by Crippen LogP contribution is -2.42. The fourth-order valence-corrected chi connectivity index (χ4v) is 4.35. The van der Waals surface area contributed by atoms with E-state index in [0.29, 0.717) is 17.1 Å². The summed E-state index contributed by atoms with van der Waals surface area (Å²) in [4.78, 5) is 18.9. The fourth-order valence-electron chi connectivity index (χ4n) is 3.75. The van der Waals surface area contributed by atoms with Gasteiger partial charge < -0.3 is 16.4 Å². The van der Waals surface area contributed by atoms with Gasteiger partial charge >= 0.3 is 0 Å². The highest BCUT2D eigenvalue weighted by Crippen LogP contribution is 2.41. The number of thiazole rings is 1. The molecule has 4 N–H and O–H groups in total. The molecule has 1 aromatic heterocycles. The van der Waals surface area contributed by atoms with Gasteiger partial charge in [-0.2, -0.15) is 0 Å². The number of likely N-dealkylation sites (N-methyl/N-ethyl adjacent to an activating group) is 1. The molecule has 2 aliphatic rings. The van der Waals surface area contributed by atoms with E-state index in [1.165, 1.54) is 24.2 Å². The number of nitrogens with zero attached hydrogens (tertiary/aromatic N) is 2. The van der Waals surface area contributed by atoms with Crippen molar-refractivity contribution in [3.8, 4) is 0 Å². The number of rotatable bonds is 4. The minimum atomic E-state index is 0.0126. The number of carbonyl (C=O) groups excluding carboxylic acids is 1. The Balaban J connectivity index is 1.49. The zero-order valence-corrected chi connectivity index (χ0v) is 13.9. The zero-order valence-electron chi connectivity index (χ0n) is 13.1. The summed E-state index contributed by atoms with van der Waals surface area (Å²) >= 11 is 1.44. The van der Waals surface area contributed by atoms with Gasteiger partial charge in [0, 0.05) is 24.9 Å². The summed E-state index contributed by atoms with van der Waals surface area (Å²) in [6, 6.07) is 0.0126. The molecule has 2 saturated heterocycles. The molecule has 3 rings (SSSR count). The Morgan fingerprint density at radius 3 is 3.05 bits per heavy atom. The molecule has 7 heteroatoms. The van der Waals surface area contributed by atoms with Gasteiger partial charge in [0.05, 0.1) is 11.7 Å². The Hall–Kier alpha value is -1.18. The lowest BCUT2D eigenvalue weighted by molar-refractivity contribution is -0.125. The van der Waals surface area contributed by atoms with E-state index in [1.807, 2.05) is 5.38 Å². The van der Waals surface area contributed by atoms with Crippen molar-refractivity contribution in [3.05, 3.63) is 11.1 Å². The van der Waals surface area contributed by atoms with Crippen LogP contribution < -0.4 is 16.4 Å². The first kappa shape index (κ1) is 15.7. The van der Waals surface area contributed by atoms with E-state index in [2.05, 4.69) is 27.6 Å². The molecule has 122 valence electrons. The first-order valence-electron chi connectivity index (χ1n) is 7.97. The molecule has 1 unspecified atom stereocenters. The molecular formula is C15H25N5OS. The molecule has 0 bridgehead atoms. The molecule has 3 heterocycles. The molecule has 0 radical (unpaired) electrons. The van der Waals surface area contributed by atoms with E-state index in [4.69, 9.17) is 5.73 Å². The van der Waals surface area contributed by atoms with Crippen molar-refractivity contribution in [2.75, 3.05) is 39.0 Å². The highest BCUT2D eigenvalue weighted by Gasteiger charge is 2.45. The normalized spacial score (nSPS) is 24.7. The van der Waals surface area contributed by atoms with Crippen molar-refractivity contribution in [2.24, 2.45) is 5.41 Å². The fraction of sp³-hybridized carbons (Fsp3) is 0.733. The number of anilines is 1. The Kier molecular flexibility index (Phi) is 4.65. The highest BCUT2D eigenvalue weighted by molar-refractivity contribution is 7.13. The van der Waals surface area contributed by atoms with Crippen molar-refractivity contribution in [1.29, 1.82) is 0 Å². The van der Waals surface area contributed by atoms with Gasteiger partial charge in [-0.05, 0) is 44.8 Å². The quantitative estimate of drug-likeness (QED) is 0.750. The number of nitrogens with two attached hydrogens (primary N) is 1. The lowest BCUT2D eigenvalue weighted by Gasteiger charge is -2.33. The molecule has 1 aromatic rings. The number of aromatic nitrogens is 1. The number of hydrogen-bond donors (Lipinski definition) is 3. The van der Waals surface area contributed by atoms with Gasteiger partial charge in [-0.1, -0.05) is 0 Å². The van der Waals surface area contributed by atoms with Gasteiger partial charge in [0.15, 0.2) is 5.13 Å². The molecule has 2 aliphatic heterocycles. The smallest absolute Gasteiger partial charge is 0.237 e. The van der Waals surface area contributed by atoms with E-state index < -0.39 is 0 Å². The van der Waals surface area contributed by atoms with Crippen LogP contribution in [0.4, 0.5) is 5.13 Å². The molecule has 1 atom stereocenters. The second-order valence-corrected chi connectivity index (χ2v) is 7.49. The summed E-state index contributed by atoms with van der Waals surface area (Å²) in [5.74, 6) is 0.154. The monoisotopic (exact) mass is 323 g/mol. The standard InChI is InChI=1S/C15H25N5OS/c1-20-10-15(3-6-17-7-4-15)8-12(20)13(21)18-5-2-11-9-22-14(16)19-11/h9,12,17H,2-8,10H2,1H3,(H2,16,19)(H,18,21). The Bertz CT molecular complexity index is 526. The van der Waals surface area contributed by atoms with Crippen LogP contribution >= 0.6 is 11.3 Å². The number of carbonyl (C=O) groups is 1. The van der Waals surface area contributed by atoms with Crippen LogP contribution in [-0.2, 0) is 11.2 Å². The van der Waals surface area contributed by atoms with Gasteiger partial charge in [0.1, 0.15) is 0 Å². The molecule has 1 amide bonds. The number of nitrogen functional groups attached to an aromatic ring is 1. The molecule has 0 saturated carbocycles. The minimum absolute atomic E-state index is 0.0126. The second-order valence-electron chi connectivity index (χ2n) is 6.60. The summed E-state index contributed by atoms with van der Waals surface area (Å²) in [5.41, 5.74) is 6.91. The Morgan fingerprint density at radius 2 is 2.36 bits per heavy atom. The average molecular weight is 323 g/mol. The molecule has 2 fully saturated rings. The van der Waals surface area contributed by atoms with Crippen molar-refractivity contribution < 1.29 is 4.79 Å². The third kappa shape index (κ3) is 3.42. The minimum Gasteiger partial charge on any atom is -0.375 e. The third-order valence-corrected chi connectivity index (χ3v) is 5.68. The van der Waals surface area contributed by atoms with E-state index in [9.17, 15) is 4.79 Å². The zero-order chi connectivity index (χ0) is 15.6. The van der Waals surface area contributed by atoms with Gasteiger partial charge in [0.25, 0.3) is 0 Å². The summed E-state index contributed by atoms with van der Waals surface area (Å²) < 4.78 is 0. The van der Waals surface area contributed by atoms with Crippen LogP contribution in [0.5, 0.6) is 0 Å². The number of piperidine rings is 1. The molecule has 0 aromatic carbocycles. The molecule has 0 aliphatic carbocycles. The van der Waals surface area contributed by atoms with Crippen LogP contribution in [0.1, 0.15) is 25.0 Å². The number of hydrogen-bond acceptors (Lipinski definition) is 6. The number of amides is 1. The molecule has 6 nitrogen and oxygen atoms in total. The number of likely N-dealkylation sites (tertiary alicyclic amines) is 1. The van der Waals surface area contributed by atoms with Crippen LogP contribution in [0.3, 0.4) is 0 Å². The van der Waals surface area contributed by atoms with Crippen molar-refractivity contribution >= 4 is 22.4 Å². The maximum Gasteiger partial charge on any atom is 0.237 e. The predicted octanol–water partition coefficient (Wildman–Crippen LogP) is 0.458. The van der Waals surface area contributed by atoms with Gasteiger partial charge in [-0.15, -0.1) is 11.3 Å². The molecular weight excluding hydrogens is 298 g/mol. The van der Waals surface area contributed by atoms with Gasteiger partial charge in [0.2, 0.25) is 5.91 Å². The van der Waals surface area contributed by atoms with Crippen LogP contribution in [0, 0.1) is 5.41 Å². The first-order valence-corrected chi connectivity index (χ1v) is 8.85. The van der Waals surface area contributed by atoms with Crippen molar-refractivity contribution in [1.82, 2.24) is 20.5 Å². The lowest BCUT2D eigenvalue weighted by atomic mass is 9.77. The maximum atomic E-state index is 12.5. The predicted molar refractivity (Wildman–Crippen MR) is 88.8 cm³/mol. The topological polar surface area (TPSA) is 83.3 Å². The first-order chi connectivity index (χ1) is 10.6. The van der Waals surface area contributed by atoms with E-state index in [1.54, 1.807) is 0 Å². The van der Waals surface area contributed by atoms with Gasteiger partial charge in [-0.3, -0.25) is 9.69 Å². The highest BCUT2D eigenvalue weighted by atomic mass is 32.1. The SMILES string of the molecule is CN1CC2(CCNCC2)CC1C(=O)NCCc1csc(N)n1. The molecule has 1 spiro atoms. The van der Waals surface area contributed by atoms with Crippen molar-refractivity contribution in [3.63, 3.8) is 0 Å².